The highest BCUT2D eigenvalue weighted by atomic mass is 16.2. The van der Waals surface area contributed by atoms with Crippen molar-refractivity contribution in [2.75, 3.05) is 17.6 Å². The van der Waals surface area contributed by atoms with Crippen LogP contribution in [0, 0.1) is 0 Å². The monoisotopic (exact) mass is 276 g/mol. The van der Waals surface area contributed by atoms with Crippen molar-refractivity contribution in [2.24, 2.45) is 0 Å². The molecule has 0 unspecified atom stereocenters. The number of anilines is 2. The van der Waals surface area contributed by atoms with Crippen molar-refractivity contribution < 1.29 is 14.4 Å². The van der Waals surface area contributed by atoms with Crippen molar-refractivity contribution in [3.63, 3.8) is 0 Å². The summed E-state index contributed by atoms with van der Waals surface area (Å²) in [5, 5.41) is 4.83. The molecule has 0 saturated carbocycles. The lowest BCUT2D eigenvalue weighted by atomic mass is 9.99. The number of carbonyl (C=O) groups is 3. The number of piperazine rings is 1. The van der Waals surface area contributed by atoms with Gasteiger partial charge in [-0.25, -0.2) is 4.79 Å². The number of nitrogen functional groups attached to an aromatic ring is 1. The molecule has 1 aliphatic rings. The number of urea groups is 1. The van der Waals surface area contributed by atoms with Crippen molar-refractivity contribution in [3.8, 4) is 0 Å². The summed E-state index contributed by atoms with van der Waals surface area (Å²) < 4.78 is 0. The molecule has 20 heavy (non-hydrogen) atoms. The Hall–Kier alpha value is -2.57. The summed E-state index contributed by atoms with van der Waals surface area (Å²) in [7, 11) is 0. The highest BCUT2D eigenvalue weighted by Crippen LogP contribution is 2.20. The van der Waals surface area contributed by atoms with E-state index in [-0.39, 0.29) is 6.54 Å². The Labute approximate surface area is 116 Å². The number of hydrogen-bond donors (Lipinski definition) is 3. The Balaban J connectivity index is 2.19. The van der Waals surface area contributed by atoms with E-state index >= 15 is 0 Å². The molecule has 1 heterocycles. The van der Waals surface area contributed by atoms with E-state index in [2.05, 4.69) is 10.6 Å². The molecule has 2 rings (SSSR count). The SMILES string of the molecule is CC1(C)C(=O)NC(=O)CN1C(=O)Nc1cccc(N)c1. The molecule has 1 aromatic carbocycles. The van der Waals surface area contributed by atoms with Crippen molar-refractivity contribution in [2.45, 2.75) is 19.4 Å². The Bertz CT molecular complexity index is 583. The molecule has 0 atom stereocenters. The van der Waals surface area contributed by atoms with Crippen LogP contribution in [0.5, 0.6) is 0 Å². The summed E-state index contributed by atoms with van der Waals surface area (Å²) in [6, 6.07) is 6.13. The van der Waals surface area contributed by atoms with Gasteiger partial charge in [0.2, 0.25) is 5.91 Å². The number of rotatable bonds is 1. The fourth-order valence-electron chi connectivity index (χ4n) is 1.92. The number of nitrogens with two attached hydrogens (primary N) is 1. The van der Waals surface area contributed by atoms with Gasteiger partial charge in [-0.1, -0.05) is 6.07 Å². The molecule has 106 valence electrons. The molecule has 0 aromatic heterocycles. The van der Waals surface area contributed by atoms with Crippen LogP contribution in [-0.2, 0) is 9.59 Å². The number of imide groups is 1. The Morgan fingerprint density at radius 2 is 2.10 bits per heavy atom. The van der Waals surface area contributed by atoms with E-state index in [1.165, 1.54) is 4.90 Å². The number of nitrogens with zero attached hydrogens (tertiary/aromatic N) is 1. The molecular formula is C13H16N4O3. The molecule has 4 N–H and O–H groups in total. The Morgan fingerprint density at radius 1 is 1.40 bits per heavy atom. The topological polar surface area (TPSA) is 105 Å². The summed E-state index contributed by atoms with van der Waals surface area (Å²) in [5.74, 6) is -1.01. The van der Waals surface area contributed by atoms with Gasteiger partial charge < -0.3 is 16.0 Å². The lowest BCUT2D eigenvalue weighted by molar-refractivity contribution is -0.142. The van der Waals surface area contributed by atoms with E-state index in [0.717, 1.165) is 0 Å². The highest BCUT2D eigenvalue weighted by molar-refractivity contribution is 6.07. The maximum Gasteiger partial charge on any atom is 0.323 e. The minimum atomic E-state index is -1.10. The lowest BCUT2D eigenvalue weighted by Gasteiger charge is -2.39. The summed E-state index contributed by atoms with van der Waals surface area (Å²) in [6.07, 6.45) is 0. The van der Waals surface area contributed by atoms with E-state index in [1.54, 1.807) is 38.1 Å². The van der Waals surface area contributed by atoms with Gasteiger partial charge in [-0.05, 0) is 32.0 Å². The first-order valence-electron chi connectivity index (χ1n) is 6.09. The van der Waals surface area contributed by atoms with Gasteiger partial charge in [0.25, 0.3) is 5.91 Å². The van der Waals surface area contributed by atoms with E-state index in [4.69, 9.17) is 5.73 Å². The van der Waals surface area contributed by atoms with Gasteiger partial charge in [0.1, 0.15) is 12.1 Å². The zero-order valence-corrected chi connectivity index (χ0v) is 11.3. The first-order chi connectivity index (χ1) is 9.30. The van der Waals surface area contributed by atoms with Crippen LogP contribution in [0.3, 0.4) is 0 Å². The fraction of sp³-hybridized carbons (Fsp3) is 0.308. The van der Waals surface area contributed by atoms with Crippen LogP contribution in [0.4, 0.5) is 16.2 Å². The smallest absolute Gasteiger partial charge is 0.323 e. The Kier molecular flexibility index (Phi) is 3.35. The van der Waals surface area contributed by atoms with Crippen molar-refractivity contribution in [3.05, 3.63) is 24.3 Å². The summed E-state index contributed by atoms with van der Waals surface area (Å²) in [4.78, 5) is 36.6. The van der Waals surface area contributed by atoms with Crippen LogP contribution in [0.15, 0.2) is 24.3 Å². The van der Waals surface area contributed by atoms with E-state index in [0.29, 0.717) is 11.4 Å². The quantitative estimate of drug-likeness (QED) is 0.514. The average molecular weight is 276 g/mol. The van der Waals surface area contributed by atoms with Crippen LogP contribution in [0.25, 0.3) is 0 Å². The van der Waals surface area contributed by atoms with E-state index < -0.39 is 23.4 Å². The van der Waals surface area contributed by atoms with E-state index in [1.807, 2.05) is 0 Å². The molecule has 1 aromatic rings. The van der Waals surface area contributed by atoms with Crippen LogP contribution >= 0.6 is 0 Å². The second-order valence-corrected chi connectivity index (χ2v) is 5.08. The van der Waals surface area contributed by atoms with Gasteiger partial charge >= 0.3 is 6.03 Å². The average Bonchev–Trinajstić information content (AvgIpc) is 2.34. The zero-order valence-electron chi connectivity index (χ0n) is 11.3. The van der Waals surface area contributed by atoms with Crippen LogP contribution in [-0.4, -0.2) is 34.8 Å². The number of amides is 4. The van der Waals surface area contributed by atoms with E-state index in [9.17, 15) is 14.4 Å². The maximum atomic E-state index is 12.2. The van der Waals surface area contributed by atoms with Gasteiger partial charge in [0, 0.05) is 11.4 Å². The molecule has 1 saturated heterocycles. The largest absolute Gasteiger partial charge is 0.399 e. The van der Waals surface area contributed by atoms with Gasteiger partial charge in [-0.3, -0.25) is 14.9 Å². The molecule has 0 aliphatic carbocycles. The molecule has 1 aliphatic heterocycles. The minimum absolute atomic E-state index is 0.174. The number of carbonyl (C=O) groups excluding carboxylic acids is 3. The third kappa shape index (κ3) is 2.56. The molecule has 1 fully saturated rings. The predicted octanol–water partition coefficient (Wildman–Crippen LogP) is 0.538. The number of nitrogens with one attached hydrogen (secondary N) is 2. The highest BCUT2D eigenvalue weighted by Gasteiger charge is 2.43. The first-order valence-corrected chi connectivity index (χ1v) is 6.09. The third-order valence-electron chi connectivity index (χ3n) is 3.17. The fourth-order valence-corrected chi connectivity index (χ4v) is 1.92. The predicted molar refractivity (Wildman–Crippen MR) is 73.8 cm³/mol. The summed E-state index contributed by atoms with van der Waals surface area (Å²) in [5.41, 5.74) is 5.54. The standard InChI is InChI=1S/C13H16N4O3/c1-13(2)11(19)16-10(18)7-17(13)12(20)15-9-5-3-4-8(14)6-9/h3-6H,7,14H2,1-2H3,(H,15,20)(H,16,18,19). The van der Waals surface area contributed by atoms with Crippen LogP contribution in [0.2, 0.25) is 0 Å². The molecule has 4 amide bonds. The van der Waals surface area contributed by atoms with Crippen LogP contribution < -0.4 is 16.4 Å². The van der Waals surface area contributed by atoms with Gasteiger partial charge in [0.15, 0.2) is 0 Å². The summed E-state index contributed by atoms with van der Waals surface area (Å²) in [6.45, 7) is 2.98. The van der Waals surface area contributed by atoms with Gasteiger partial charge in [-0.2, -0.15) is 0 Å². The lowest BCUT2D eigenvalue weighted by Crippen LogP contribution is -2.66. The third-order valence-corrected chi connectivity index (χ3v) is 3.17. The second-order valence-electron chi connectivity index (χ2n) is 5.08. The van der Waals surface area contributed by atoms with Gasteiger partial charge in [-0.15, -0.1) is 0 Å². The molecule has 0 spiro atoms. The second kappa shape index (κ2) is 4.84. The zero-order chi connectivity index (χ0) is 14.9. The minimum Gasteiger partial charge on any atom is -0.399 e. The molecular weight excluding hydrogens is 260 g/mol. The molecule has 0 bridgehead atoms. The first kappa shape index (κ1) is 13.9. The van der Waals surface area contributed by atoms with Crippen LogP contribution in [0.1, 0.15) is 13.8 Å². The summed E-state index contributed by atoms with van der Waals surface area (Å²) >= 11 is 0. The van der Waals surface area contributed by atoms with Crippen molar-refractivity contribution in [1.82, 2.24) is 10.2 Å². The van der Waals surface area contributed by atoms with Gasteiger partial charge in [0.05, 0.1) is 0 Å². The molecule has 7 heteroatoms. The van der Waals surface area contributed by atoms with Crippen molar-refractivity contribution >= 4 is 29.2 Å². The normalized spacial score (nSPS) is 17.6. The Morgan fingerprint density at radius 3 is 2.75 bits per heavy atom. The maximum absolute atomic E-state index is 12.2. The van der Waals surface area contributed by atoms with Crippen molar-refractivity contribution in [1.29, 1.82) is 0 Å². The molecule has 7 nitrogen and oxygen atoms in total. The molecule has 0 radical (unpaired) electrons. The number of hydrogen-bond acceptors (Lipinski definition) is 4. The number of benzene rings is 1.